The Balaban J connectivity index is 2.08. The average Bonchev–Trinajstić information content (AvgIpc) is 3.18. The van der Waals surface area contributed by atoms with E-state index in [0.717, 1.165) is 49.3 Å². The van der Waals surface area contributed by atoms with Crippen molar-refractivity contribution >= 4 is 22.9 Å². The van der Waals surface area contributed by atoms with E-state index in [-0.39, 0.29) is 18.7 Å². The van der Waals surface area contributed by atoms with Crippen molar-refractivity contribution in [1.29, 1.82) is 0 Å². The van der Waals surface area contributed by atoms with Gasteiger partial charge in [-0.2, -0.15) is 9.97 Å². The van der Waals surface area contributed by atoms with E-state index in [1.165, 1.54) is 0 Å². The standard InChI is InChI=1S/C16H26N6O/c1-4-7-17-14-13-15(22(10-18-13)11(2)3)20-16(19-14)21-8-5-6-12(21)9-23/h10-12,23H,4-9H2,1-3H3,(H,17,19,20). The molecule has 7 heteroatoms. The first-order valence-corrected chi connectivity index (χ1v) is 8.51. The van der Waals surface area contributed by atoms with Crippen LogP contribution in [0.4, 0.5) is 11.8 Å². The second kappa shape index (κ2) is 6.70. The lowest BCUT2D eigenvalue weighted by Crippen LogP contribution is -2.33. The third-order valence-corrected chi connectivity index (χ3v) is 4.35. The van der Waals surface area contributed by atoms with Gasteiger partial charge in [0.2, 0.25) is 5.95 Å². The van der Waals surface area contributed by atoms with Crippen molar-refractivity contribution in [3.8, 4) is 0 Å². The van der Waals surface area contributed by atoms with Crippen LogP contribution in [0.3, 0.4) is 0 Å². The molecule has 0 spiro atoms. The number of fused-ring (bicyclic) bond motifs is 1. The first-order valence-electron chi connectivity index (χ1n) is 8.51. The molecule has 7 nitrogen and oxygen atoms in total. The van der Waals surface area contributed by atoms with E-state index in [4.69, 9.17) is 9.97 Å². The van der Waals surface area contributed by atoms with E-state index >= 15 is 0 Å². The van der Waals surface area contributed by atoms with E-state index in [9.17, 15) is 5.11 Å². The summed E-state index contributed by atoms with van der Waals surface area (Å²) in [6, 6.07) is 0.399. The summed E-state index contributed by atoms with van der Waals surface area (Å²) in [6.45, 7) is 8.25. The molecule has 1 aliphatic heterocycles. The lowest BCUT2D eigenvalue weighted by atomic mass is 10.2. The lowest BCUT2D eigenvalue weighted by molar-refractivity contribution is 0.265. The number of hydrogen-bond acceptors (Lipinski definition) is 6. The van der Waals surface area contributed by atoms with Gasteiger partial charge in [-0.15, -0.1) is 0 Å². The molecule has 1 saturated heterocycles. The summed E-state index contributed by atoms with van der Waals surface area (Å²) in [6.07, 6.45) is 4.90. The van der Waals surface area contributed by atoms with Crippen molar-refractivity contribution in [2.75, 3.05) is 29.9 Å². The van der Waals surface area contributed by atoms with E-state index in [2.05, 4.69) is 40.5 Å². The molecule has 0 bridgehead atoms. The van der Waals surface area contributed by atoms with Crippen molar-refractivity contribution in [3.05, 3.63) is 6.33 Å². The monoisotopic (exact) mass is 318 g/mol. The van der Waals surface area contributed by atoms with Crippen LogP contribution in [0.1, 0.15) is 46.1 Å². The summed E-state index contributed by atoms with van der Waals surface area (Å²) < 4.78 is 2.07. The molecule has 2 aromatic rings. The molecule has 1 atom stereocenters. The van der Waals surface area contributed by atoms with Crippen LogP contribution in [0, 0.1) is 0 Å². The van der Waals surface area contributed by atoms with Gasteiger partial charge in [-0.1, -0.05) is 6.92 Å². The number of anilines is 2. The number of nitrogens with one attached hydrogen (secondary N) is 1. The van der Waals surface area contributed by atoms with Crippen LogP contribution >= 0.6 is 0 Å². The second-order valence-corrected chi connectivity index (χ2v) is 6.39. The molecular weight excluding hydrogens is 292 g/mol. The third kappa shape index (κ3) is 2.97. The lowest BCUT2D eigenvalue weighted by Gasteiger charge is -2.23. The summed E-state index contributed by atoms with van der Waals surface area (Å²) in [4.78, 5) is 16.1. The topological polar surface area (TPSA) is 79.1 Å². The van der Waals surface area contributed by atoms with Gasteiger partial charge in [0.1, 0.15) is 0 Å². The fraction of sp³-hybridized carbons (Fsp3) is 0.688. The van der Waals surface area contributed by atoms with Gasteiger partial charge >= 0.3 is 0 Å². The molecule has 0 aromatic carbocycles. The Morgan fingerprint density at radius 3 is 2.91 bits per heavy atom. The van der Waals surface area contributed by atoms with Crippen molar-refractivity contribution in [3.63, 3.8) is 0 Å². The van der Waals surface area contributed by atoms with Crippen molar-refractivity contribution in [2.45, 2.75) is 52.1 Å². The van der Waals surface area contributed by atoms with Crippen molar-refractivity contribution in [1.82, 2.24) is 19.5 Å². The number of rotatable bonds is 6. The molecular formula is C16H26N6O. The fourth-order valence-corrected chi connectivity index (χ4v) is 3.07. The average molecular weight is 318 g/mol. The molecule has 126 valence electrons. The van der Waals surface area contributed by atoms with Gasteiger partial charge < -0.3 is 19.9 Å². The molecule has 3 heterocycles. The first-order chi connectivity index (χ1) is 11.2. The molecule has 0 amide bonds. The Morgan fingerprint density at radius 1 is 1.39 bits per heavy atom. The van der Waals surface area contributed by atoms with E-state index < -0.39 is 0 Å². The molecule has 3 rings (SSSR count). The Bertz CT molecular complexity index is 668. The van der Waals surface area contributed by atoms with Crippen molar-refractivity contribution < 1.29 is 5.11 Å². The van der Waals surface area contributed by atoms with Crippen LogP contribution in [0.25, 0.3) is 11.2 Å². The van der Waals surface area contributed by atoms with Gasteiger partial charge in [-0.3, -0.25) is 0 Å². The highest BCUT2D eigenvalue weighted by Gasteiger charge is 2.27. The Hall–Kier alpha value is -1.89. The zero-order chi connectivity index (χ0) is 16.4. The molecule has 2 aromatic heterocycles. The van der Waals surface area contributed by atoms with Crippen LogP contribution in [0.15, 0.2) is 6.33 Å². The molecule has 0 aliphatic carbocycles. The zero-order valence-corrected chi connectivity index (χ0v) is 14.2. The number of aliphatic hydroxyl groups excluding tert-OH is 1. The predicted molar refractivity (Wildman–Crippen MR) is 91.9 cm³/mol. The SMILES string of the molecule is CCCNc1nc(N2CCCC2CO)nc2c1ncn2C(C)C. The maximum atomic E-state index is 9.59. The molecule has 0 radical (unpaired) electrons. The van der Waals surface area contributed by atoms with Gasteiger partial charge in [-0.05, 0) is 33.1 Å². The molecule has 0 saturated carbocycles. The Morgan fingerprint density at radius 2 is 2.22 bits per heavy atom. The smallest absolute Gasteiger partial charge is 0.229 e. The van der Waals surface area contributed by atoms with Crippen LogP contribution in [0.2, 0.25) is 0 Å². The number of hydrogen-bond donors (Lipinski definition) is 2. The minimum atomic E-state index is 0.113. The molecule has 23 heavy (non-hydrogen) atoms. The normalized spacial score (nSPS) is 18.3. The highest BCUT2D eigenvalue weighted by molar-refractivity contribution is 5.84. The van der Waals surface area contributed by atoms with Gasteiger partial charge in [-0.25, -0.2) is 4.98 Å². The van der Waals surface area contributed by atoms with Crippen LogP contribution < -0.4 is 10.2 Å². The van der Waals surface area contributed by atoms with Gasteiger partial charge in [0.05, 0.1) is 19.0 Å². The Kier molecular flexibility index (Phi) is 4.66. The highest BCUT2D eigenvalue weighted by Crippen LogP contribution is 2.28. The first kappa shape index (κ1) is 16.0. The van der Waals surface area contributed by atoms with E-state index in [1.54, 1.807) is 0 Å². The molecule has 1 aliphatic rings. The fourth-order valence-electron chi connectivity index (χ4n) is 3.07. The summed E-state index contributed by atoms with van der Waals surface area (Å²) in [5, 5.41) is 13.0. The van der Waals surface area contributed by atoms with Crippen LogP contribution in [-0.2, 0) is 0 Å². The summed E-state index contributed by atoms with van der Waals surface area (Å²) in [7, 11) is 0. The number of nitrogens with zero attached hydrogens (tertiary/aromatic N) is 5. The summed E-state index contributed by atoms with van der Waals surface area (Å²) in [5.74, 6) is 1.48. The molecule has 1 fully saturated rings. The van der Waals surface area contributed by atoms with Crippen LogP contribution in [-0.4, -0.2) is 50.4 Å². The number of imidazole rings is 1. The quantitative estimate of drug-likeness (QED) is 0.850. The third-order valence-electron chi connectivity index (χ3n) is 4.35. The van der Waals surface area contributed by atoms with E-state index in [1.807, 2.05) is 6.33 Å². The van der Waals surface area contributed by atoms with Gasteiger partial charge in [0.15, 0.2) is 17.0 Å². The molecule has 1 unspecified atom stereocenters. The van der Waals surface area contributed by atoms with Crippen molar-refractivity contribution in [2.24, 2.45) is 0 Å². The van der Waals surface area contributed by atoms with Gasteiger partial charge in [0.25, 0.3) is 0 Å². The Labute approximate surface area is 136 Å². The largest absolute Gasteiger partial charge is 0.394 e. The second-order valence-electron chi connectivity index (χ2n) is 6.39. The molecule has 2 N–H and O–H groups in total. The highest BCUT2D eigenvalue weighted by atomic mass is 16.3. The van der Waals surface area contributed by atoms with E-state index in [0.29, 0.717) is 5.95 Å². The number of aliphatic hydroxyl groups is 1. The maximum absolute atomic E-state index is 9.59. The maximum Gasteiger partial charge on any atom is 0.229 e. The number of aromatic nitrogens is 4. The van der Waals surface area contributed by atoms with Gasteiger partial charge in [0, 0.05) is 19.1 Å². The summed E-state index contributed by atoms with van der Waals surface area (Å²) >= 11 is 0. The predicted octanol–water partition coefficient (Wildman–Crippen LogP) is 2.19. The van der Waals surface area contributed by atoms with Crippen LogP contribution in [0.5, 0.6) is 0 Å². The zero-order valence-electron chi connectivity index (χ0n) is 14.2. The summed E-state index contributed by atoms with van der Waals surface area (Å²) in [5.41, 5.74) is 1.67. The minimum absolute atomic E-state index is 0.113. The minimum Gasteiger partial charge on any atom is -0.394 e.